The zero-order chi connectivity index (χ0) is 16.8. The van der Waals surface area contributed by atoms with E-state index in [9.17, 15) is 4.79 Å². The minimum absolute atomic E-state index is 0.0149. The van der Waals surface area contributed by atoms with Gasteiger partial charge in [-0.3, -0.25) is 9.69 Å². The fourth-order valence-corrected chi connectivity index (χ4v) is 3.41. The number of nitrogens with zero attached hydrogens (tertiary/aromatic N) is 1. The molecule has 2 aromatic rings. The number of furan rings is 1. The number of benzene rings is 1. The molecular weight excluding hydrogens is 300 g/mol. The second kappa shape index (κ2) is 7.97. The van der Waals surface area contributed by atoms with Crippen LogP contribution >= 0.6 is 0 Å². The summed E-state index contributed by atoms with van der Waals surface area (Å²) in [5.41, 5.74) is 1.30. The van der Waals surface area contributed by atoms with E-state index in [4.69, 9.17) is 4.42 Å². The zero-order valence-electron chi connectivity index (χ0n) is 13.9. The van der Waals surface area contributed by atoms with Crippen molar-refractivity contribution >= 4 is 5.91 Å². The van der Waals surface area contributed by atoms with E-state index in [2.05, 4.69) is 41.1 Å². The third-order valence-corrected chi connectivity index (χ3v) is 4.57. The summed E-state index contributed by atoms with van der Waals surface area (Å²) in [6, 6.07) is 14.2. The molecule has 1 N–H and O–H groups in total. The van der Waals surface area contributed by atoms with Crippen LogP contribution < -0.4 is 5.32 Å². The summed E-state index contributed by atoms with van der Waals surface area (Å²) < 4.78 is 5.28. The fourth-order valence-electron chi connectivity index (χ4n) is 3.41. The van der Waals surface area contributed by atoms with Crippen LogP contribution in [0.25, 0.3) is 0 Å². The normalized spacial score (nSPS) is 21.3. The van der Waals surface area contributed by atoms with E-state index in [0.29, 0.717) is 12.5 Å². The number of amides is 1. The Hall–Kier alpha value is -2.33. The van der Waals surface area contributed by atoms with Gasteiger partial charge in [0.15, 0.2) is 0 Å². The van der Waals surface area contributed by atoms with Crippen LogP contribution in [0.5, 0.6) is 0 Å². The number of hydrogen-bond acceptors (Lipinski definition) is 3. The highest BCUT2D eigenvalue weighted by atomic mass is 16.3. The quantitative estimate of drug-likeness (QED) is 0.830. The Morgan fingerprint density at radius 2 is 2.08 bits per heavy atom. The van der Waals surface area contributed by atoms with Gasteiger partial charge in [0.1, 0.15) is 5.76 Å². The van der Waals surface area contributed by atoms with Crippen LogP contribution in [0.1, 0.15) is 23.7 Å². The zero-order valence-corrected chi connectivity index (χ0v) is 13.9. The molecule has 2 unspecified atom stereocenters. The van der Waals surface area contributed by atoms with E-state index >= 15 is 0 Å². The smallest absolute Gasteiger partial charge is 0.224 e. The molecule has 4 heteroatoms. The molecule has 1 aromatic heterocycles. The van der Waals surface area contributed by atoms with Crippen LogP contribution in [0, 0.1) is 5.92 Å². The maximum Gasteiger partial charge on any atom is 0.224 e. The van der Waals surface area contributed by atoms with E-state index in [1.165, 1.54) is 5.56 Å². The number of rotatable bonds is 6. The lowest BCUT2D eigenvalue weighted by Gasteiger charge is -2.37. The average Bonchev–Trinajstić information content (AvgIpc) is 3.14. The molecule has 126 valence electrons. The second-order valence-corrected chi connectivity index (χ2v) is 6.34. The predicted octanol–water partition coefficient (Wildman–Crippen LogP) is 3.19. The molecule has 1 amide bonds. The highest BCUT2D eigenvalue weighted by Gasteiger charge is 2.31. The van der Waals surface area contributed by atoms with Crippen molar-refractivity contribution in [2.75, 3.05) is 19.6 Å². The molecule has 0 radical (unpaired) electrons. The minimum atomic E-state index is -0.0149. The minimum Gasteiger partial charge on any atom is -0.467 e. The lowest BCUT2D eigenvalue weighted by atomic mass is 9.84. The number of hydrogen-bond donors (Lipinski definition) is 1. The molecular formula is C20H24N2O2. The van der Waals surface area contributed by atoms with Gasteiger partial charge in [-0.2, -0.15) is 0 Å². The maximum absolute atomic E-state index is 12.6. The Balaban J connectivity index is 1.66. The molecule has 0 saturated carbocycles. The molecule has 1 aliphatic heterocycles. The standard InChI is InChI=1S/C20H24N2O2/c1-2-10-22-14-17(16-7-4-3-5-8-16)12-18(15-22)20(23)21-13-19-9-6-11-24-19/h2-9,11,17-18H,1,10,12-15H2,(H,21,23). The molecule has 0 bridgehead atoms. The second-order valence-electron chi connectivity index (χ2n) is 6.34. The summed E-state index contributed by atoms with van der Waals surface area (Å²) >= 11 is 0. The van der Waals surface area contributed by atoms with Crippen molar-refractivity contribution in [3.05, 3.63) is 72.7 Å². The van der Waals surface area contributed by atoms with Crippen molar-refractivity contribution in [2.24, 2.45) is 5.92 Å². The van der Waals surface area contributed by atoms with E-state index < -0.39 is 0 Å². The van der Waals surface area contributed by atoms with Crippen molar-refractivity contribution in [2.45, 2.75) is 18.9 Å². The first-order valence-corrected chi connectivity index (χ1v) is 8.44. The highest BCUT2D eigenvalue weighted by Crippen LogP contribution is 2.30. The topological polar surface area (TPSA) is 45.5 Å². The largest absolute Gasteiger partial charge is 0.467 e. The Labute approximate surface area is 143 Å². The third-order valence-electron chi connectivity index (χ3n) is 4.57. The van der Waals surface area contributed by atoms with Gasteiger partial charge in [-0.1, -0.05) is 36.4 Å². The van der Waals surface area contributed by atoms with Crippen LogP contribution in [-0.2, 0) is 11.3 Å². The van der Waals surface area contributed by atoms with Gasteiger partial charge in [0.25, 0.3) is 0 Å². The Bertz CT molecular complexity index is 652. The Morgan fingerprint density at radius 3 is 2.79 bits per heavy atom. The maximum atomic E-state index is 12.6. The van der Waals surface area contributed by atoms with E-state index in [0.717, 1.165) is 31.8 Å². The number of carbonyl (C=O) groups is 1. The summed E-state index contributed by atoms with van der Waals surface area (Å²) in [6.07, 6.45) is 4.41. The summed E-state index contributed by atoms with van der Waals surface area (Å²) in [6.45, 7) is 6.84. The van der Waals surface area contributed by atoms with Gasteiger partial charge < -0.3 is 9.73 Å². The molecule has 1 fully saturated rings. The van der Waals surface area contributed by atoms with Crippen LogP contribution in [-0.4, -0.2) is 30.4 Å². The lowest BCUT2D eigenvalue weighted by Crippen LogP contribution is -2.45. The van der Waals surface area contributed by atoms with Gasteiger partial charge in [0, 0.05) is 19.6 Å². The van der Waals surface area contributed by atoms with Gasteiger partial charge in [-0.15, -0.1) is 6.58 Å². The Kier molecular flexibility index (Phi) is 5.49. The molecule has 0 spiro atoms. The predicted molar refractivity (Wildman–Crippen MR) is 94.5 cm³/mol. The Morgan fingerprint density at radius 1 is 1.25 bits per heavy atom. The summed E-state index contributed by atoms with van der Waals surface area (Å²) in [7, 11) is 0. The van der Waals surface area contributed by atoms with E-state index in [1.807, 2.05) is 24.3 Å². The number of likely N-dealkylation sites (tertiary alicyclic amines) is 1. The summed E-state index contributed by atoms with van der Waals surface area (Å²) in [4.78, 5) is 14.9. The van der Waals surface area contributed by atoms with Crippen molar-refractivity contribution in [3.8, 4) is 0 Å². The third kappa shape index (κ3) is 4.15. The van der Waals surface area contributed by atoms with Gasteiger partial charge in [-0.25, -0.2) is 0 Å². The number of carbonyl (C=O) groups excluding carboxylic acids is 1. The van der Waals surface area contributed by atoms with Crippen LogP contribution in [0.15, 0.2) is 65.8 Å². The number of piperidine rings is 1. The number of nitrogens with one attached hydrogen (secondary N) is 1. The van der Waals surface area contributed by atoms with E-state index in [1.54, 1.807) is 6.26 Å². The van der Waals surface area contributed by atoms with E-state index in [-0.39, 0.29) is 11.8 Å². The van der Waals surface area contributed by atoms with Crippen LogP contribution in [0.3, 0.4) is 0 Å². The van der Waals surface area contributed by atoms with Crippen molar-refractivity contribution in [3.63, 3.8) is 0 Å². The molecule has 1 aliphatic rings. The van der Waals surface area contributed by atoms with Crippen LogP contribution in [0.2, 0.25) is 0 Å². The molecule has 1 aromatic carbocycles. The lowest BCUT2D eigenvalue weighted by molar-refractivity contribution is -0.127. The highest BCUT2D eigenvalue weighted by molar-refractivity contribution is 5.79. The molecule has 0 aliphatic carbocycles. The molecule has 1 saturated heterocycles. The average molecular weight is 324 g/mol. The van der Waals surface area contributed by atoms with Crippen molar-refractivity contribution < 1.29 is 9.21 Å². The van der Waals surface area contributed by atoms with Gasteiger partial charge in [-0.05, 0) is 30.0 Å². The molecule has 24 heavy (non-hydrogen) atoms. The molecule has 2 heterocycles. The fraction of sp³-hybridized carbons (Fsp3) is 0.350. The molecule has 2 atom stereocenters. The van der Waals surface area contributed by atoms with Gasteiger partial charge in [0.2, 0.25) is 5.91 Å². The molecule has 3 rings (SSSR count). The SMILES string of the molecule is C=CCN1CC(C(=O)NCc2ccco2)CC(c2ccccc2)C1. The summed E-state index contributed by atoms with van der Waals surface area (Å²) in [5, 5.41) is 3.00. The molecule has 4 nitrogen and oxygen atoms in total. The van der Waals surface area contributed by atoms with Gasteiger partial charge in [0.05, 0.1) is 18.7 Å². The first-order valence-electron chi connectivity index (χ1n) is 8.44. The van der Waals surface area contributed by atoms with Crippen molar-refractivity contribution in [1.82, 2.24) is 10.2 Å². The van der Waals surface area contributed by atoms with Crippen LogP contribution in [0.4, 0.5) is 0 Å². The summed E-state index contributed by atoms with van der Waals surface area (Å²) in [5.74, 6) is 1.24. The van der Waals surface area contributed by atoms with Gasteiger partial charge >= 0.3 is 0 Å². The van der Waals surface area contributed by atoms with Crippen molar-refractivity contribution in [1.29, 1.82) is 0 Å². The first kappa shape index (κ1) is 16.5. The first-order chi connectivity index (χ1) is 11.8. The monoisotopic (exact) mass is 324 g/mol.